The molecule has 0 saturated heterocycles. The molecule has 0 aliphatic carbocycles. The molecule has 4 rings (SSSR count). The fourth-order valence-corrected chi connectivity index (χ4v) is 6.59. The molecule has 1 atom stereocenters. The maximum atomic E-state index is 13.7. The molecule has 2 heterocycles. The number of hydrogen-bond acceptors (Lipinski definition) is 8. The van der Waals surface area contributed by atoms with Gasteiger partial charge in [0.1, 0.15) is 5.82 Å². The number of carbonyl (C=O) groups excluding carboxylic acids is 2. The van der Waals surface area contributed by atoms with Gasteiger partial charge in [-0.25, -0.2) is 4.39 Å². The molecule has 9 nitrogen and oxygen atoms in total. The molecular formula is C34H46FN6O3SSb. The molecule has 1 unspecified atom stereocenters. The molecule has 12 heteroatoms. The third-order valence-electron chi connectivity index (χ3n) is 7.33. The van der Waals surface area contributed by atoms with Gasteiger partial charge in [-0.1, -0.05) is 20.8 Å². The molecule has 0 bridgehead atoms. The van der Waals surface area contributed by atoms with Crippen molar-refractivity contribution in [3.8, 4) is 11.3 Å². The molecule has 0 saturated carbocycles. The summed E-state index contributed by atoms with van der Waals surface area (Å²) in [5.74, 6) is -0.0125. The number of aromatic nitrogens is 2. The van der Waals surface area contributed by atoms with E-state index in [1.54, 1.807) is 18.3 Å². The van der Waals surface area contributed by atoms with Crippen molar-refractivity contribution in [3.05, 3.63) is 89.0 Å². The Morgan fingerprint density at radius 1 is 1.09 bits per heavy atom. The summed E-state index contributed by atoms with van der Waals surface area (Å²) in [5.41, 5.74) is 11.7. The summed E-state index contributed by atoms with van der Waals surface area (Å²) in [7, 11) is 0. The number of carbonyl (C=O) groups is 2. The van der Waals surface area contributed by atoms with Crippen LogP contribution in [-0.4, -0.2) is 67.0 Å². The van der Waals surface area contributed by atoms with Crippen LogP contribution in [0.3, 0.4) is 0 Å². The Morgan fingerprint density at radius 2 is 1.78 bits per heavy atom. The van der Waals surface area contributed by atoms with Crippen LogP contribution in [0.4, 0.5) is 10.1 Å². The zero-order valence-electron chi connectivity index (χ0n) is 27.2. The van der Waals surface area contributed by atoms with E-state index in [-0.39, 0.29) is 18.1 Å². The Morgan fingerprint density at radius 3 is 2.41 bits per heavy atom. The summed E-state index contributed by atoms with van der Waals surface area (Å²) in [4.78, 5) is 36.0. The van der Waals surface area contributed by atoms with Gasteiger partial charge in [-0.05, 0) is 73.1 Å². The first-order valence-corrected chi connectivity index (χ1v) is 22.0. The molecule has 0 spiro atoms. The van der Waals surface area contributed by atoms with Gasteiger partial charge >= 0.3 is 144 Å². The van der Waals surface area contributed by atoms with E-state index in [4.69, 9.17) is 14.3 Å². The average Bonchev–Trinajstić information content (AvgIpc) is 3.07. The van der Waals surface area contributed by atoms with Crippen LogP contribution in [0.25, 0.3) is 22.2 Å². The number of halogens is 1. The Hall–Kier alpha value is -3.24. The van der Waals surface area contributed by atoms with Gasteiger partial charge in [0.2, 0.25) is 6.41 Å². The van der Waals surface area contributed by atoms with Crippen LogP contribution in [0.2, 0.25) is 9.74 Å². The van der Waals surface area contributed by atoms with Crippen LogP contribution in [0, 0.1) is 5.82 Å². The maximum Gasteiger partial charge on any atom is 0.204 e. The van der Waals surface area contributed by atoms with Crippen LogP contribution in [0.15, 0.2) is 60.8 Å². The fraction of sp³-hybridized carbons (Fsp3) is 0.353. The number of fused-ring (bicyclic) bond motifs is 1. The summed E-state index contributed by atoms with van der Waals surface area (Å²) >= 11 is 1.29. The summed E-state index contributed by atoms with van der Waals surface area (Å²) in [6, 6.07) is 16.4. The van der Waals surface area contributed by atoms with E-state index in [1.165, 1.54) is 23.3 Å². The van der Waals surface area contributed by atoms with Crippen molar-refractivity contribution in [1.29, 1.82) is 0 Å². The van der Waals surface area contributed by atoms with Gasteiger partial charge in [-0.2, -0.15) is 0 Å². The van der Waals surface area contributed by atoms with Gasteiger partial charge in [0.05, 0.1) is 5.69 Å². The standard InChI is InChI=1S/C31H35FN5O.CH3NO.2CH3.H2OS.Sb/c1-4-20(3)27-19-25(37-29(26(27)5-2)21-8-10-24(32)11-9-21)12-15-36-31(38)23-17-22-7-6-14-35-30(22)28(18-23)34-16-13-33;2-1-3;;;1-2;/h6-11,14,17-20,33-34H,4-5,12-13,15-16H2,1-3H3,(H,36,38);1H,(H2,2,3);2*1H3;1-2H;/q-1;;;;;+1. The minimum atomic E-state index is -1.24. The summed E-state index contributed by atoms with van der Waals surface area (Å²) in [6.07, 6.45) is 4.48. The second kappa shape index (κ2) is 20.8. The third-order valence-corrected chi connectivity index (χ3v) is 9.77. The SMILES string of the molecule is CCc1c(C(C)CC)cc(CCNC(=O)c2cc(NCC[NH][Sb]([CH3])[CH3])c3ncccc3c2)nc1-c1ccc(F)cc1.NC=O.OS. The zero-order valence-corrected chi connectivity index (χ0v) is 30.6. The van der Waals surface area contributed by atoms with Crippen molar-refractivity contribution < 1.29 is 18.5 Å². The van der Waals surface area contributed by atoms with E-state index >= 15 is 0 Å². The molecule has 2 amide bonds. The van der Waals surface area contributed by atoms with E-state index in [0.717, 1.165) is 59.5 Å². The Balaban J connectivity index is 0.00000139. The number of primary amides is 1. The minimum Gasteiger partial charge on any atom is -0.372 e. The number of nitrogens with zero attached hydrogens (tertiary/aromatic N) is 2. The van der Waals surface area contributed by atoms with Gasteiger partial charge < -0.3 is 10.3 Å². The number of hydrogen-bond donors (Lipinski definition) is 6. The molecule has 248 valence electrons. The number of benzene rings is 2. The van der Waals surface area contributed by atoms with E-state index in [0.29, 0.717) is 24.4 Å². The van der Waals surface area contributed by atoms with Crippen molar-refractivity contribution in [1.82, 2.24) is 18.8 Å². The Kier molecular flexibility index (Phi) is 17.6. The van der Waals surface area contributed by atoms with Crippen LogP contribution in [-0.2, 0) is 17.6 Å². The molecule has 2 aromatic heterocycles. The van der Waals surface area contributed by atoms with Crippen LogP contribution < -0.4 is 19.8 Å². The third kappa shape index (κ3) is 11.5. The summed E-state index contributed by atoms with van der Waals surface area (Å²) < 4.78 is 23.9. The molecule has 4 aromatic rings. The molecule has 0 aliphatic heterocycles. The first kappa shape index (κ1) is 38.9. The van der Waals surface area contributed by atoms with Crippen molar-refractivity contribution in [2.75, 3.05) is 25.0 Å². The smallest absolute Gasteiger partial charge is 0.204 e. The predicted molar refractivity (Wildman–Crippen MR) is 191 cm³/mol. The topological polar surface area (TPSA) is 142 Å². The largest absolute Gasteiger partial charge is 0.372 e. The quantitative estimate of drug-likeness (QED) is 0.0312. The number of rotatable bonds is 13. The maximum absolute atomic E-state index is 13.7. The van der Waals surface area contributed by atoms with Gasteiger partial charge in [-0.15, -0.1) is 0 Å². The van der Waals surface area contributed by atoms with Crippen molar-refractivity contribution >= 4 is 62.3 Å². The second-order valence-corrected chi connectivity index (χ2v) is 16.7. The fourth-order valence-electron chi connectivity index (χ4n) is 4.99. The first-order valence-electron chi connectivity index (χ1n) is 15.2. The normalized spacial score (nSPS) is 11.2. The number of anilines is 1. The molecule has 2 aromatic carbocycles. The summed E-state index contributed by atoms with van der Waals surface area (Å²) in [5, 5.41) is 7.49. The van der Waals surface area contributed by atoms with Crippen LogP contribution >= 0.6 is 12.9 Å². The van der Waals surface area contributed by atoms with Gasteiger partial charge in [0.15, 0.2) is 0 Å². The van der Waals surface area contributed by atoms with Gasteiger partial charge in [-0.3, -0.25) is 9.78 Å². The Labute approximate surface area is 284 Å². The zero-order chi connectivity index (χ0) is 34.1. The van der Waals surface area contributed by atoms with E-state index < -0.39 is 20.5 Å². The van der Waals surface area contributed by atoms with E-state index in [9.17, 15) is 9.18 Å². The molecule has 46 heavy (non-hydrogen) atoms. The number of thiol groups is 1. The van der Waals surface area contributed by atoms with Gasteiger partial charge in [0.25, 0.3) is 0 Å². The van der Waals surface area contributed by atoms with E-state index in [1.807, 2.05) is 24.3 Å². The second-order valence-electron chi connectivity index (χ2n) is 10.7. The van der Waals surface area contributed by atoms with Crippen LogP contribution in [0.5, 0.6) is 0 Å². The summed E-state index contributed by atoms with van der Waals surface area (Å²) in [6.45, 7) is 8.68. The first-order chi connectivity index (χ1) is 22.2. The van der Waals surface area contributed by atoms with Gasteiger partial charge in [0, 0.05) is 5.56 Å². The molecule has 6 N–H and O–H groups in total. The number of amides is 2. The molecule has 0 radical (unpaired) electrons. The van der Waals surface area contributed by atoms with Crippen molar-refractivity contribution in [2.45, 2.75) is 55.7 Å². The van der Waals surface area contributed by atoms with E-state index in [2.05, 4.69) is 74.3 Å². The monoisotopic (exact) mass is 758 g/mol. The predicted octanol–water partition coefficient (Wildman–Crippen LogP) is 6.23. The minimum absolute atomic E-state index is 0.125. The van der Waals surface area contributed by atoms with Crippen LogP contribution in [0.1, 0.15) is 60.3 Å². The van der Waals surface area contributed by atoms with Crippen molar-refractivity contribution in [3.63, 3.8) is 0 Å². The van der Waals surface area contributed by atoms with Crippen molar-refractivity contribution in [2.24, 2.45) is 5.73 Å². The number of nitrogens with one attached hydrogen (secondary N) is 3. The molecule has 0 fully saturated rings. The molecular weight excluding hydrogens is 713 g/mol. The average molecular weight is 760 g/mol. The molecule has 0 aliphatic rings. The number of nitrogens with two attached hydrogens (primary N) is 1. The number of pyridine rings is 2. The Bertz CT molecular complexity index is 1540.